The van der Waals surface area contributed by atoms with E-state index in [0.29, 0.717) is 6.10 Å². The van der Waals surface area contributed by atoms with E-state index in [1.807, 2.05) is 0 Å². The number of hydrogen-bond donors (Lipinski definition) is 1. The molecule has 0 saturated carbocycles. The van der Waals surface area contributed by atoms with Crippen LogP contribution in [0.25, 0.3) is 10.9 Å². The average Bonchev–Trinajstić information content (AvgIpc) is 2.85. The highest BCUT2D eigenvalue weighted by Crippen LogP contribution is 2.38. The second kappa shape index (κ2) is 5.10. The van der Waals surface area contributed by atoms with Crippen LogP contribution in [0.1, 0.15) is 39.2 Å². The number of epoxide rings is 1. The zero-order valence-electron chi connectivity index (χ0n) is 12.6. The van der Waals surface area contributed by atoms with Crippen LogP contribution in [0, 0.1) is 0 Å². The van der Waals surface area contributed by atoms with Crippen molar-refractivity contribution < 1.29 is 4.74 Å². The summed E-state index contributed by atoms with van der Waals surface area (Å²) in [5, 5.41) is 1.34. The van der Waals surface area contributed by atoms with E-state index in [1.54, 1.807) is 0 Å². The Bertz CT molecular complexity index is 636. The van der Waals surface area contributed by atoms with Gasteiger partial charge in [-0.25, -0.2) is 0 Å². The van der Waals surface area contributed by atoms with E-state index < -0.39 is 0 Å². The first-order valence-corrected chi connectivity index (χ1v) is 7.45. The number of H-pyrrole nitrogens is 1. The Hall–Kier alpha value is -1.54. The van der Waals surface area contributed by atoms with Crippen molar-refractivity contribution in [3.05, 3.63) is 47.7 Å². The molecule has 3 rings (SSSR count). The summed E-state index contributed by atoms with van der Waals surface area (Å²) in [5.41, 5.74) is 4.18. The van der Waals surface area contributed by atoms with Crippen molar-refractivity contribution in [2.75, 3.05) is 0 Å². The molecule has 1 aromatic carbocycles. The molecule has 1 N–H and O–H groups in total. The minimum atomic E-state index is 0.122. The maximum Gasteiger partial charge on any atom is 0.0892 e. The first-order chi connectivity index (χ1) is 9.56. The Morgan fingerprint density at radius 3 is 2.85 bits per heavy atom. The third kappa shape index (κ3) is 2.80. The van der Waals surface area contributed by atoms with Gasteiger partial charge in [-0.1, -0.05) is 29.8 Å². The average molecular weight is 269 g/mol. The number of fused-ring (bicyclic) bond motifs is 1. The molecule has 2 aromatic rings. The van der Waals surface area contributed by atoms with Crippen LogP contribution in [0.3, 0.4) is 0 Å². The van der Waals surface area contributed by atoms with E-state index in [2.05, 4.69) is 62.3 Å². The maximum absolute atomic E-state index is 5.63. The highest BCUT2D eigenvalue weighted by atomic mass is 16.6. The molecule has 1 aromatic heterocycles. The molecule has 2 heterocycles. The second-order valence-electron chi connectivity index (χ2n) is 6.36. The number of rotatable bonds is 5. The van der Waals surface area contributed by atoms with Crippen molar-refractivity contribution in [1.29, 1.82) is 0 Å². The zero-order chi connectivity index (χ0) is 14.2. The fourth-order valence-corrected chi connectivity index (χ4v) is 2.78. The first-order valence-electron chi connectivity index (χ1n) is 7.45. The number of para-hydroxylation sites is 1. The van der Waals surface area contributed by atoms with Gasteiger partial charge in [-0.3, -0.25) is 0 Å². The van der Waals surface area contributed by atoms with Crippen LogP contribution in [-0.2, 0) is 11.2 Å². The standard InChI is InChI=1S/C18H23NO/c1-13(9-11-17-18(2,3)20-17)8-10-14-12-19-16-7-5-4-6-15(14)16/h4-8,12,17,19H,9-11H2,1-3H3/b13-8+. The Labute approximate surface area is 120 Å². The van der Waals surface area contributed by atoms with Crippen molar-refractivity contribution in [1.82, 2.24) is 4.98 Å². The van der Waals surface area contributed by atoms with Gasteiger partial charge < -0.3 is 9.72 Å². The molecule has 0 radical (unpaired) electrons. The summed E-state index contributed by atoms with van der Waals surface area (Å²) in [4.78, 5) is 3.33. The van der Waals surface area contributed by atoms with Crippen LogP contribution in [0.15, 0.2) is 42.1 Å². The van der Waals surface area contributed by atoms with Crippen LogP contribution < -0.4 is 0 Å². The van der Waals surface area contributed by atoms with Crippen molar-refractivity contribution in [2.45, 2.75) is 51.7 Å². The molecule has 0 amide bonds. The molecule has 0 bridgehead atoms. The van der Waals surface area contributed by atoms with Gasteiger partial charge in [0.15, 0.2) is 0 Å². The molecule has 1 fully saturated rings. The van der Waals surface area contributed by atoms with Gasteiger partial charge in [0, 0.05) is 17.1 Å². The summed E-state index contributed by atoms with van der Waals surface area (Å²) in [6.45, 7) is 6.57. The van der Waals surface area contributed by atoms with E-state index in [1.165, 1.54) is 22.0 Å². The molecule has 2 nitrogen and oxygen atoms in total. The van der Waals surface area contributed by atoms with Gasteiger partial charge in [-0.2, -0.15) is 0 Å². The van der Waals surface area contributed by atoms with Crippen molar-refractivity contribution >= 4 is 10.9 Å². The molecule has 1 atom stereocenters. The fraction of sp³-hybridized carbons (Fsp3) is 0.444. The van der Waals surface area contributed by atoms with E-state index >= 15 is 0 Å². The number of aromatic nitrogens is 1. The third-order valence-corrected chi connectivity index (χ3v) is 4.31. The fourth-order valence-electron chi connectivity index (χ4n) is 2.78. The van der Waals surface area contributed by atoms with Gasteiger partial charge in [-0.05, 0) is 51.7 Å². The number of ether oxygens (including phenoxy) is 1. The molecule has 1 aliphatic heterocycles. The predicted molar refractivity (Wildman–Crippen MR) is 83.9 cm³/mol. The second-order valence-corrected chi connectivity index (χ2v) is 6.36. The van der Waals surface area contributed by atoms with Crippen LogP contribution >= 0.6 is 0 Å². The molecular formula is C18H23NO. The van der Waals surface area contributed by atoms with Gasteiger partial charge in [-0.15, -0.1) is 0 Å². The van der Waals surface area contributed by atoms with E-state index in [0.717, 1.165) is 19.3 Å². The largest absolute Gasteiger partial charge is 0.367 e. The number of allylic oxidation sites excluding steroid dienone is 2. The van der Waals surface area contributed by atoms with Crippen molar-refractivity contribution in [3.63, 3.8) is 0 Å². The SMILES string of the molecule is C/C(=C\Cc1c[nH]c2ccccc12)CCC1OC1(C)C. The highest BCUT2D eigenvalue weighted by molar-refractivity contribution is 5.83. The van der Waals surface area contributed by atoms with E-state index in [9.17, 15) is 0 Å². The summed E-state index contributed by atoms with van der Waals surface area (Å²) in [5.74, 6) is 0. The number of benzene rings is 1. The van der Waals surface area contributed by atoms with Crippen LogP contribution in [0.4, 0.5) is 0 Å². The minimum absolute atomic E-state index is 0.122. The molecular weight excluding hydrogens is 246 g/mol. The Balaban J connectivity index is 1.59. The summed E-state index contributed by atoms with van der Waals surface area (Å²) in [6, 6.07) is 8.48. The van der Waals surface area contributed by atoms with Gasteiger partial charge in [0.05, 0.1) is 11.7 Å². The molecule has 1 saturated heterocycles. The first kappa shape index (κ1) is 13.4. The third-order valence-electron chi connectivity index (χ3n) is 4.31. The van der Waals surface area contributed by atoms with E-state index in [4.69, 9.17) is 4.74 Å². The summed E-state index contributed by atoms with van der Waals surface area (Å²) in [7, 11) is 0. The van der Waals surface area contributed by atoms with Crippen LogP contribution in [0.5, 0.6) is 0 Å². The normalized spacial score (nSPS) is 21.4. The van der Waals surface area contributed by atoms with Gasteiger partial charge in [0.25, 0.3) is 0 Å². The van der Waals surface area contributed by atoms with Gasteiger partial charge in [0.1, 0.15) is 0 Å². The zero-order valence-corrected chi connectivity index (χ0v) is 12.6. The van der Waals surface area contributed by atoms with Crippen molar-refractivity contribution in [3.8, 4) is 0 Å². The van der Waals surface area contributed by atoms with Gasteiger partial charge in [0.2, 0.25) is 0 Å². The lowest BCUT2D eigenvalue weighted by Gasteiger charge is -2.01. The number of aromatic amines is 1. The van der Waals surface area contributed by atoms with Crippen molar-refractivity contribution in [2.24, 2.45) is 0 Å². The lowest BCUT2D eigenvalue weighted by Crippen LogP contribution is -2.02. The number of hydrogen-bond acceptors (Lipinski definition) is 1. The molecule has 1 unspecified atom stereocenters. The van der Waals surface area contributed by atoms with E-state index in [-0.39, 0.29) is 5.60 Å². The Morgan fingerprint density at radius 2 is 2.10 bits per heavy atom. The molecule has 20 heavy (non-hydrogen) atoms. The summed E-state index contributed by atoms with van der Waals surface area (Å²) in [6.07, 6.45) is 8.22. The lowest BCUT2D eigenvalue weighted by molar-refractivity contribution is 0.320. The Morgan fingerprint density at radius 1 is 1.35 bits per heavy atom. The highest BCUT2D eigenvalue weighted by Gasteiger charge is 2.46. The number of nitrogens with one attached hydrogen (secondary N) is 1. The Kier molecular flexibility index (Phi) is 3.43. The predicted octanol–water partition coefficient (Wildman–Crippen LogP) is 4.61. The van der Waals surface area contributed by atoms with Gasteiger partial charge >= 0.3 is 0 Å². The summed E-state index contributed by atoms with van der Waals surface area (Å²) < 4.78 is 5.63. The molecule has 1 aliphatic rings. The molecule has 0 aliphatic carbocycles. The molecule has 2 heteroatoms. The van der Waals surface area contributed by atoms with Crippen LogP contribution in [-0.4, -0.2) is 16.7 Å². The monoisotopic (exact) mass is 269 g/mol. The quantitative estimate of drug-likeness (QED) is 0.623. The smallest absolute Gasteiger partial charge is 0.0892 e. The summed E-state index contributed by atoms with van der Waals surface area (Å²) >= 11 is 0. The molecule has 106 valence electrons. The van der Waals surface area contributed by atoms with Crippen LogP contribution in [0.2, 0.25) is 0 Å². The minimum Gasteiger partial charge on any atom is -0.367 e. The maximum atomic E-state index is 5.63. The molecule has 0 spiro atoms. The topological polar surface area (TPSA) is 28.3 Å². The lowest BCUT2D eigenvalue weighted by atomic mass is 10.0.